The molecular weight excluding hydrogens is 452 g/mol. The number of hydrogen-bond donors (Lipinski definition) is 2. The molecule has 1 atom stereocenters. The number of ether oxygens (including phenoxy) is 3. The Labute approximate surface area is 205 Å². The Morgan fingerprint density at radius 2 is 1.49 bits per heavy atom. The molecule has 2 N–H and O–H groups in total. The van der Waals surface area contributed by atoms with Gasteiger partial charge in [-0.05, 0) is 65.8 Å². The number of carbonyl (C=O) groups excluding carboxylic acids is 4. The van der Waals surface area contributed by atoms with Gasteiger partial charge in [-0.3, -0.25) is 14.9 Å². The van der Waals surface area contributed by atoms with Crippen molar-refractivity contribution in [2.24, 2.45) is 0 Å². The molecule has 2 aromatic rings. The summed E-state index contributed by atoms with van der Waals surface area (Å²) in [6.07, 6.45) is -1.27. The van der Waals surface area contributed by atoms with Gasteiger partial charge in [-0.2, -0.15) is 0 Å². The maximum absolute atomic E-state index is 13.3. The predicted octanol–water partition coefficient (Wildman–Crippen LogP) is 3.88. The number of benzene rings is 2. The van der Waals surface area contributed by atoms with Gasteiger partial charge in [-0.25, -0.2) is 9.59 Å². The van der Waals surface area contributed by atoms with Gasteiger partial charge in [0.2, 0.25) is 0 Å². The van der Waals surface area contributed by atoms with Gasteiger partial charge in [0.25, 0.3) is 5.91 Å². The van der Waals surface area contributed by atoms with E-state index in [4.69, 9.17) is 14.2 Å². The van der Waals surface area contributed by atoms with Gasteiger partial charge in [-0.1, -0.05) is 18.2 Å². The molecule has 0 aliphatic carbocycles. The molecule has 0 aromatic heterocycles. The minimum absolute atomic E-state index is 0.0110. The van der Waals surface area contributed by atoms with Crippen molar-refractivity contribution >= 4 is 23.7 Å². The molecule has 0 radical (unpaired) electrons. The first-order chi connectivity index (χ1) is 16.5. The fourth-order valence-electron chi connectivity index (χ4n) is 3.07. The summed E-state index contributed by atoms with van der Waals surface area (Å²) >= 11 is 0. The Balaban J connectivity index is 2.21. The highest BCUT2D eigenvalue weighted by Crippen LogP contribution is 2.30. The van der Waals surface area contributed by atoms with Crippen LogP contribution in [0.2, 0.25) is 0 Å². The van der Waals surface area contributed by atoms with Gasteiger partial charge in [0.1, 0.15) is 0 Å². The SMILES string of the molecule is CCOc1ccc(C(=O)c2ccccc2C(=O)OC(C)C(=O)NC(=O)NC(C)(C)C)cc1OCC. The molecule has 0 bridgehead atoms. The topological polar surface area (TPSA) is 120 Å². The molecule has 0 saturated carbocycles. The highest BCUT2D eigenvalue weighted by molar-refractivity contribution is 6.15. The number of imide groups is 1. The van der Waals surface area contributed by atoms with Crippen LogP contribution in [0.4, 0.5) is 4.79 Å². The minimum Gasteiger partial charge on any atom is -0.490 e. The van der Waals surface area contributed by atoms with Crippen molar-refractivity contribution in [1.29, 1.82) is 0 Å². The fraction of sp³-hybridized carbons (Fsp3) is 0.385. The van der Waals surface area contributed by atoms with E-state index in [1.165, 1.54) is 19.1 Å². The quantitative estimate of drug-likeness (QED) is 0.409. The van der Waals surface area contributed by atoms with Gasteiger partial charge >= 0.3 is 12.0 Å². The Morgan fingerprint density at radius 3 is 2.09 bits per heavy atom. The van der Waals surface area contributed by atoms with E-state index in [0.29, 0.717) is 30.3 Å². The molecule has 188 valence electrons. The summed E-state index contributed by atoms with van der Waals surface area (Å²) in [4.78, 5) is 50.3. The summed E-state index contributed by atoms with van der Waals surface area (Å²) in [6.45, 7) is 11.1. The number of hydrogen-bond acceptors (Lipinski definition) is 7. The molecular formula is C26H32N2O7. The van der Waals surface area contributed by atoms with Crippen LogP contribution in [0.1, 0.15) is 67.8 Å². The first-order valence-electron chi connectivity index (χ1n) is 11.3. The average molecular weight is 485 g/mol. The maximum atomic E-state index is 13.3. The highest BCUT2D eigenvalue weighted by Gasteiger charge is 2.25. The van der Waals surface area contributed by atoms with E-state index in [-0.39, 0.29) is 11.1 Å². The molecule has 0 saturated heterocycles. The molecule has 0 fully saturated rings. The van der Waals surface area contributed by atoms with Gasteiger partial charge in [0, 0.05) is 16.7 Å². The van der Waals surface area contributed by atoms with E-state index in [9.17, 15) is 19.2 Å². The van der Waals surface area contributed by atoms with E-state index in [0.717, 1.165) is 0 Å². The Morgan fingerprint density at radius 1 is 0.886 bits per heavy atom. The standard InChI is InChI=1S/C26H32N2O7/c1-7-33-20-14-13-17(15-21(20)34-8-2)22(29)18-11-9-10-12-19(18)24(31)35-16(3)23(30)27-25(32)28-26(4,5)6/h9-16H,7-8H2,1-6H3,(H2,27,28,30,32). The van der Waals surface area contributed by atoms with Crippen molar-refractivity contribution in [1.82, 2.24) is 10.6 Å². The molecule has 0 spiro atoms. The average Bonchev–Trinajstić information content (AvgIpc) is 2.78. The molecule has 0 heterocycles. The summed E-state index contributed by atoms with van der Waals surface area (Å²) in [5.41, 5.74) is -0.168. The third-order valence-electron chi connectivity index (χ3n) is 4.58. The summed E-state index contributed by atoms with van der Waals surface area (Å²) in [5, 5.41) is 4.71. The Bertz CT molecular complexity index is 1090. The fourth-order valence-corrected chi connectivity index (χ4v) is 3.07. The first-order valence-corrected chi connectivity index (χ1v) is 11.3. The minimum atomic E-state index is -1.27. The zero-order chi connectivity index (χ0) is 26.2. The summed E-state index contributed by atoms with van der Waals surface area (Å²) in [6, 6.07) is 10.2. The van der Waals surface area contributed by atoms with Gasteiger partial charge in [0.15, 0.2) is 23.4 Å². The van der Waals surface area contributed by atoms with Crippen LogP contribution in [-0.2, 0) is 9.53 Å². The molecule has 3 amide bonds. The van der Waals surface area contributed by atoms with Crippen LogP contribution in [-0.4, -0.2) is 48.5 Å². The Hall–Kier alpha value is -3.88. The number of esters is 1. The number of urea groups is 1. The molecule has 0 aliphatic rings. The van der Waals surface area contributed by atoms with Crippen molar-refractivity contribution in [3.63, 3.8) is 0 Å². The molecule has 2 rings (SSSR count). The lowest BCUT2D eigenvalue weighted by atomic mass is 9.98. The smallest absolute Gasteiger partial charge is 0.339 e. The van der Waals surface area contributed by atoms with E-state index >= 15 is 0 Å². The van der Waals surface area contributed by atoms with Crippen LogP contribution in [0.5, 0.6) is 11.5 Å². The van der Waals surface area contributed by atoms with Gasteiger partial charge in [0.05, 0.1) is 18.8 Å². The molecule has 9 heteroatoms. The largest absolute Gasteiger partial charge is 0.490 e. The number of nitrogens with one attached hydrogen (secondary N) is 2. The number of rotatable bonds is 9. The second kappa shape index (κ2) is 12.0. The number of carbonyl (C=O) groups is 4. The zero-order valence-corrected chi connectivity index (χ0v) is 20.9. The first kappa shape index (κ1) is 27.4. The van der Waals surface area contributed by atoms with Crippen LogP contribution in [0.25, 0.3) is 0 Å². The maximum Gasteiger partial charge on any atom is 0.339 e. The van der Waals surface area contributed by atoms with Gasteiger partial charge in [-0.15, -0.1) is 0 Å². The lowest BCUT2D eigenvalue weighted by molar-refractivity contribution is -0.127. The van der Waals surface area contributed by atoms with Gasteiger partial charge < -0.3 is 19.5 Å². The Kier molecular flexibility index (Phi) is 9.39. The van der Waals surface area contributed by atoms with E-state index < -0.39 is 35.3 Å². The van der Waals surface area contributed by atoms with Crippen molar-refractivity contribution < 1.29 is 33.4 Å². The molecule has 9 nitrogen and oxygen atoms in total. The summed E-state index contributed by atoms with van der Waals surface area (Å²) in [5.74, 6) is -1.17. The van der Waals surface area contributed by atoms with Crippen LogP contribution < -0.4 is 20.1 Å². The zero-order valence-electron chi connectivity index (χ0n) is 20.9. The number of ketones is 1. The van der Waals surface area contributed by atoms with Crippen molar-refractivity contribution in [2.45, 2.75) is 53.2 Å². The van der Waals surface area contributed by atoms with E-state index in [2.05, 4.69) is 10.6 Å². The van der Waals surface area contributed by atoms with E-state index in [1.807, 2.05) is 13.8 Å². The van der Waals surface area contributed by atoms with Crippen LogP contribution in [0.15, 0.2) is 42.5 Å². The lowest BCUT2D eigenvalue weighted by Gasteiger charge is -2.21. The van der Waals surface area contributed by atoms with Crippen molar-refractivity contribution in [2.75, 3.05) is 13.2 Å². The second-order valence-electron chi connectivity index (χ2n) is 8.64. The normalized spacial score (nSPS) is 11.7. The monoisotopic (exact) mass is 484 g/mol. The van der Waals surface area contributed by atoms with Crippen LogP contribution in [0, 0.1) is 0 Å². The number of amides is 3. The van der Waals surface area contributed by atoms with Crippen LogP contribution >= 0.6 is 0 Å². The molecule has 1 unspecified atom stereocenters. The van der Waals surface area contributed by atoms with Crippen LogP contribution in [0.3, 0.4) is 0 Å². The highest BCUT2D eigenvalue weighted by atomic mass is 16.5. The molecule has 2 aromatic carbocycles. The summed E-state index contributed by atoms with van der Waals surface area (Å²) in [7, 11) is 0. The third kappa shape index (κ3) is 7.84. The lowest BCUT2D eigenvalue weighted by Crippen LogP contribution is -2.50. The second-order valence-corrected chi connectivity index (χ2v) is 8.64. The summed E-state index contributed by atoms with van der Waals surface area (Å²) < 4.78 is 16.4. The molecule has 0 aliphatic heterocycles. The molecule has 35 heavy (non-hydrogen) atoms. The van der Waals surface area contributed by atoms with Crippen molar-refractivity contribution in [3.8, 4) is 11.5 Å². The van der Waals surface area contributed by atoms with E-state index in [1.54, 1.807) is 51.1 Å². The predicted molar refractivity (Wildman–Crippen MR) is 130 cm³/mol. The third-order valence-corrected chi connectivity index (χ3v) is 4.58. The van der Waals surface area contributed by atoms with Crippen molar-refractivity contribution in [3.05, 3.63) is 59.2 Å².